The molecule has 1 aromatic rings. The Hall–Kier alpha value is -1.58. The molecule has 1 aromatic carbocycles. The molecule has 4 heteroatoms. The summed E-state index contributed by atoms with van der Waals surface area (Å²) in [6, 6.07) is 4.33. The van der Waals surface area contributed by atoms with E-state index in [-0.39, 0.29) is 11.8 Å². The zero-order chi connectivity index (χ0) is 10.8. The van der Waals surface area contributed by atoms with Gasteiger partial charge in [-0.15, -0.1) is 0 Å². The van der Waals surface area contributed by atoms with Gasteiger partial charge in [0.25, 0.3) is 0 Å². The van der Waals surface area contributed by atoms with E-state index in [1.165, 1.54) is 19.1 Å². The first-order valence-electron chi connectivity index (χ1n) is 4.77. The smallest absolute Gasteiger partial charge is 0.305 e. The summed E-state index contributed by atoms with van der Waals surface area (Å²) in [5, 5.41) is 0. The minimum absolute atomic E-state index is 0.275. The topological polar surface area (TPSA) is 35.5 Å². The molecular weight excluding hydrogens is 199 g/mol. The molecule has 0 fully saturated rings. The minimum atomic E-state index is -0.541. The van der Waals surface area contributed by atoms with Crippen LogP contribution in [0.25, 0.3) is 0 Å². The van der Waals surface area contributed by atoms with Crippen LogP contribution < -0.4 is 4.74 Å². The number of esters is 1. The number of fused-ring (bicyclic) bond motifs is 1. The first kappa shape index (κ1) is 9.96. The molecule has 0 saturated carbocycles. The molecule has 0 amide bonds. The van der Waals surface area contributed by atoms with Crippen LogP contribution >= 0.6 is 0 Å². The molecule has 1 heterocycles. The molecule has 0 N–H and O–H groups in total. The number of rotatable bonds is 1. The number of ether oxygens (including phenoxy) is 2. The highest BCUT2D eigenvalue weighted by molar-refractivity contribution is 5.66. The molecule has 80 valence electrons. The molecule has 0 aliphatic carbocycles. The van der Waals surface area contributed by atoms with Crippen LogP contribution in [-0.2, 0) is 16.0 Å². The quantitative estimate of drug-likeness (QED) is 0.665. The number of hydrogen-bond donors (Lipinski definition) is 0. The number of benzene rings is 1. The summed E-state index contributed by atoms with van der Waals surface area (Å²) in [4.78, 5) is 10.7. The van der Waals surface area contributed by atoms with Gasteiger partial charge < -0.3 is 9.47 Å². The van der Waals surface area contributed by atoms with Crippen LogP contribution in [0.1, 0.15) is 18.9 Å². The average Bonchev–Trinajstić information content (AvgIpc) is 2.17. The molecule has 1 atom stereocenters. The summed E-state index contributed by atoms with van der Waals surface area (Å²) in [5.41, 5.74) is 0.818. The minimum Gasteiger partial charge on any atom is -0.454 e. The molecular formula is C11H11FO3. The predicted molar refractivity (Wildman–Crippen MR) is 50.9 cm³/mol. The Balaban J connectivity index is 2.13. The van der Waals surface area contributed by atoms with Crippen LogP contribution in [0.5, 0.6) is 5.75 Å². The number of carbonyl (C=O) groups excluding carboxylic acids is 1. The maximum Gasteiger partial charge on any atom is 0.305 e. The molecule has 1 aliphatic rings. The second-order valence-electron chi connectivity index (χ2n) is 3.45. The standard InChI is InChI=1S/C11H11FO3/c1-7(13)14-11-5-2-8-6-9(12)3-4-10(8)15-11/h3-4,6,11H,2,5H2,1H3. The summed E-state index contributed by atoms with van der Waals surface area (Å²) in [5.74, 6) is -0.0530. The Morgan fingerprint density at radius 1 is 1.60 bits per heavy atom. The zero-order valence-corrected chi connectivity index (χ0v) is 8.33. The van der Waals surface area contributed by atoms with E-state index >= 15 is 0 Å². The van der Waals surface area contributed by atoms with Gasteiger partial charge in [-0.25, -0.2) is 4.39 Å². The Bertz CT molecular complexity index is 389. The van der Waals surface area contributed by atoms with Crippen molar-refractivity contribution < 1.29 is 18.7 Å². The molecule has 0 saturated heterocycles. The van der Waals surface area contributed by atoms with Crippen molar-refractivity contribution in [1.29, 1.82) is 0 Å². The molecule has 15 heavy (non-hydrogen) atoms. The van der Waals surface area contributed by atoms with Gasteiger partial charge in [-0.2, -0.15) is 0 Å². The highest BCUT2D eigenvalue weighted by Crippen LogP contribution is 2.28. The van der Waals surface area contributed by atoms with E-state index in [2.05, 4.69) is 0 Å². The van der Waals surface area contributed by atoms with Gasteiger partial charge in [0.2, 0.25) is 6.29 Å². The van der Waals surface area contributed by atoms with Crippen LogP contribution in [-0.4, -0.2) is 12.3 Å². The summed E-state index contributed by atoms with van der Waals surface area (Å²) in [6.07, 6.45) is 0.682. The molecule has 0 aromatic heterocycles. The second kappa shape index (κ2) is 3.88. The van der Waals surface area contributed by atoms with Crippen molar-refractivity contribution in [2.24, 2.45) is 0 Å². The predicted octanol–water partition coefficient (Wildman–Crippen LogP) is 2.04. The van der Waals surface area contributed by atoms with Crippen molar-refractivity contribution in [3.63, 3.8) is 0 Å². The van der Waals surface area contributed by atoms with Gasteiger partial charge in [-0.05, 0) is 30.2 Å². The normalized spacial score (nSPS) is 18.9. The second-order valence-corrected chi connectivity index (χ2v) is 3.45. The Labute approximate surface area is 86.8 Å². The van der Waals surface area contributed by atoms with Crippen molar-refractivity contribution in [1.82, 2.24) is 0 Å². The fraction of sp³-hybridized carbons (Fsp3) is 0.364. The van der Waals surface area contributed by atoms with E-state index in [1.807, 2.05) is 0 Å². The van der Waals surface area contributed by atoms with E-state index < -0.39 is 6.29 Å². The average molecular weight is 210 g/mol. The molecule has 0 spiro atoms. The van der Waals surface area contributed by atoms with Crippen LogP contribution in [0.4, 0.5) is 4.39 Å². The Morgan fingerprint density at radius 3 is 3.13 bits per heavy atom. The lowest BCUT2D eigenvalue weighted by atomic mass is 10.1. The maximum atomic E-state index is 12.9. The van der Waals surface area contributed by atoms with Gasteiger partial charge in [-0.1, -0.05) is 0 Å². The van der Waals surface area contributed by atoms with Crippen molar-refractivity contribution >= 4 is 5.97 Å². The Kier molecular flexibility index (Phi) is 2.58. The molecule has 1 aliphatic heterocycles. The fourth-order valence-corrected chi connectivity index (χ4v) is 1.60. The maximum absolute atomic E-state index is 12.9. The SMILES string of the molecule is CC(=O)OC1CCc2cc(F)ccc2O1. The van der Waals surface area contributed by atoms with Crippen LogP contribution in [0.3, 0.4) is 0 Å². The third kappa shape index (κ3) is 2.26. The third-order valence-electron chi connectivity index (χ3n) is 2.23. The first-order chi connectivity index (χ1) is 7.15. The number of halogens is 1. The Morgan fingerprint density at radius 2 is 2.40 bits per heavy atom. The largest absolute Gasteiger partial charge is 0.454 e. The molecule has 0 radical (unpaired) electrons. The highest BCUT2D eigenvalue weighted by atomic mass is 19.1. The fourth-order valence-electron chi connectivity index (χ4n) is 1.60. The summed E-state index contributed by atoms with van der Waals surface area (Å²) < 4.78 is 23.2. The highest BCUT2D eigenvalue weighted by Gasteiger charge is 2.21. The van der Waals surface area contributed by atoms with E-state index in [0.29, 0.717) is 18.6 Å². The van der Waals surface area contributed by atoms with Crippen LogP contribution in [0.15, 0.2) is 18.2 Å². The zero-order valence-electron chi connectivity index (χ0n) is 8.33. The molecule has 1 unspecified atom stereocenters. The van der Waals surface area contributed by atoms with Crippen molar-refractivity contribution in [2.75, 3.05) is 0 Å². The summed E-state index contributed by atoms with van der Waals surface area (Å²) >= 11 is 0. The van der Waals surface area contributed by atoms with Gasteiger partial charge in [0.15, 0.2) is 0 Å². The first-order valence-corrected chi connectivity index (χ1v) is 4.77. The van der Waals surface area contributed by atoms with Gasteiger partial charge >= 0.3 is 5.97 Å². The van der Waals surface area contributed by atoms with E-state index in [9.17, 15) is 9.18 Å². The molecule has 2 rings (SSSR count). The number of hydrogen-bond acceptors (Lipinski definition) is 3. The third-order valence-corrected chi connectivity index (χ3v) is 2.23. The lowest BCUT2D eigenvalue weighted by molar-refractivity contribution is -0.162. The van der Waals surface area contributed by atoms with Gasteiger partial charge in [0, 0.05) is 13.3 Å². The van der Waals surface area contributed by atoms with Crippen LogP contribution in [0, 0.1) is 5.82 Å². The summed E-state index contributed by atoms with van der Waals surface area (Å²) in [6.45, 7) is 1.34. The number of aryl methyl sites for hydroxylation is 1. The van der Waals surface area contributed by atoms with E-state index in [0.717, 1.165) is 5.56 Å². The molecule has 0 bridgehead atoms. The molecule has 3 nitrogen and oxygen atoms in total. The van der Waals surface area contributed by atoms with Crippen LogP contribution in [0.2, 0.25) is 0 Å². The lowest BCUT2D eigenvalue weighted by Gasteiger charge is -2.25. The van der Waals surface area contributed by atoms with Crippen molar-refractivity contribution in [2.45, 2.75) is 26.1 Å². The van der Waals surface area contributed by atoms with E-state index in [1.54, 1.807) is 6.07 Å². The monoisotopic (exact) mass is 210 g/mol. The summed E-state index contributed by atoms with van der Waals surface area (Å²) in [7, 11) is 0. The van der Waals surface area contributed by atoms with Gasteiger partial charge in [-0.3, -0.25) is 4.79 Å². The van der Waals surface area contributed by atoms with Crippen molar-refractivity contribution in [3.8, 4) is 5.75 Å². The van der Waals surface area contributed by atoms with Gasteiger partial charge in [0.05, 0.1) is 0 Å². The van der Waals surface area contributed by atoms with Gasteiger partial charge in [0.1, 0.15) is 11.6 Å². The van der Waals surface area contributed by atoms with Crippen molar-refractivity contribution in [3.05, 3.63) is 29.6 Å². The lowest BCUT2D eigenvalue weighted by Crippen LogP contribution is -2.27. The number of carbonyl (C=O) groups is 1. The van der Waals surface area contributed by atoms with E-state index in [4.69, 9.17) is 9.47 Å².